The fourth-order valence-corrected chi connectivity index (χ4v) is 1.66. The largest absolute Gasteiger partial charge is 0.348 e. The van der Waals surface area contributed by atoms with Crippen LogP contribution in [0.4, 0.5) is 0 Å². The van der Waals surface area contributed by atoms with Crippen LogP contribution in [0.1, 0.15) is 17.9 Å². The van der Waals surface area contributed by atoms with E-state index in [9.17, 15) is 9.59 Å². The quantitative estimate of drug-likeness (QED) is 0.712. The molecule has 3 nitrogen and oxygen atoms in total. The highest BCUT2D eigenvalue weighted by Crippen LogP contribution is 2.22. The van der Waals surface area contributed by atoms with Gasteiger partial charge in [0.2, 0.25) is 5.91 Å². The minimum Gasteiger partial charge on any atom is -0.348 e. The van der Waals surface area contributed by atoms with E-state index < -0.39 is 0 Å². The van der Waals surface area contributed by atoms with Gasteiger partial charge in [-0.05, 0) is 5.56 Å². The number of amides is 1. The molecule has 1 aliphatic rings. The molecule has 14 heavy (non-hydrogen) atoms. The van der Waals surface area contributed by atoms with Gasteiger partial charge in [-0.15, -0.1) is 0 Å². The maximum absolute atomic E-state index is 11.5. The molecule has 1 aromatic carbocycles. The highest BCUT2D eigenvalue weighted by Gasteiger charge is 2.27. The minimum absolute atomic E-state index is 0.0456. The highest BCUT2D eigenvalue weighted by molar-refractivity contribution is 5.97. The van der Waals surface area contributed by atoms with Crippen molar-refractivity contribution in [1.29, 1.82) is 0 Å². The molecule has 72 valence electrons. The number of rotatable bonds is 1. The Kier molecular flexibility index (Phi) is 2.31. The maximum atomic E-state index is 11.5. The van der Waals surface area contributed by atoms with Crippen molar-refractivity contribution >= 4 is 11.7 Å². The normalized spacial score (nSPS) is 21.9. The van der Waals surface area contributed by atoms with Crippen molar-refractivity contribution in [1.82, 2.24) is 5.32 Å². The van der Waals surface area contributed by atoms with Gasteiger partial charge in [0.05, 0.1) is 12.5 Å². The van der Waals surface area contributed by atoms with Gasteiger partial charge in [-0.25, -0.2) is 0 Å². The fraction of sp³-hybridized carbons (Fsp3) is 0.273. The zero-order valence-corrected chi connectivity index (χ0v) is 7.69. The lowest BCUT2D eigenvalue weighted by Gasteiger charge is -2.20. The molecule has 0 radical (unpaired) electrons. The van der Waals surface area contributed by atoms with Crippen LogP contribution in [0.5, 0.6) is 0 Å². The molecule has 0 spiro atoms. The summed E-state index contributed by atoms with van der Waals surface area (Å²) in [4.78, 5) is 22.7. The number of nitrogens with one attached hydrogen (secondary N) is 1. The van der Waals surface area contributed by atoms with Crippen molar-refractivity contribution in [3.63, 3.8) is 0 Å². The average Bonchev–Trinajstić information content (AvgIpc) is 2.23. The number of benzene rings is 1. The third-order valence-electron chi connectivity index (χ3n) is 2.41. The van der Waals surface area contributed by atoms with E-state index in [1.165, 1.54) is 0 Å². The maximum Gasteiger partial charge on any atom is 0.228 e. The first-order valence-electron chi connectivity index (χ1n) is 4.62. The van der Waals surface area contributed by atoms with E-state index in [4.69, 9.17) is 0 Å². The van der Waals surface area contributed by atoms with Gasteiger partial charge in [-0.3, -0.25) is 9.59 Å². The Morgan fingerprint density at radius 2 is 1.86 bits per heavy atom. The van der Waals surface area contributed by atoms with E-state index in [0.717, 1.165) is 5.56 Å². The van der Waals surface area contributed by atoms with E-state index in [2.05, 4.69) is 5.32 Å². The summed E-state index contributed by atoms with van der Waals surface area (Å²) in [6.45, 7) is 0.183. The molecule has 1 aliphatic heterocycles. The summed E-state index contributed by atoms with van der Waals surface area (Å²) >= 11 is 0. The van der Waals surface area contributed by atoms with Crippen molar-refractivity contribution in [2.24, 2.45) is 0 Å². The van der Waals surface area contributed by atoms with Crippen LogP contribution in [0.3, 0.4) is 0 Å². The summed E-state index contributed by atoms with van der Waals surface area (Å²) in [7, 11) is 0. The first-order valence-corrected chi connectivity index (χ1v) is 4.62. The molecule has 1 unspecified atom stereocenters. The van der Waals surface area contributed by atoms with E-state index >= 15 is 0 Å². The number of carbonyl (C=O) groups is 2. The number of carbonyl (C=O) groups excluding carboxylic acids is 2. The van der Waals surface area contributed by atoms with Crippen molar-refractivity contribution in [3.8, 4) is 0 Å². The lowest BCUT2D eigenvalue weighted by atomic mass is 9.90. The highest BCUT2D eigenvalue weighted by atomic mass is 16.2. The average molecular weight is 189 g/mol. The second-order valence-corrected chi connectivity index (χ2v) is 3.42. The molecule has 1 N–H and O–H groups in total. The number of Topliss-reactive ketones (excluding diaryl/α,β-unsaturated/α-hetero) is 1. The minimum atomic E-state index is -0.294. The molecule has 0 aliphatic carbocycles. The Labute approximate surface area is 82.1 Å². The molecular formula is C11H11NO2. The van der Waals surface area contributed by atoms with Crippen LogP contribution in [-0.2, 0) is 9.59 Å². The predicted octanol–water partition coefficient (Wildman–Crippen LogP) is 0.859. The van der Waals surface area contributed by atoms with Gasteiger partial charge < -0.3 is 5.32 Å². The molecule has 3 heteroatoms. The Hall–Kier alpha value is -1.64. The van der Waals surface area contributed by atoms with Gasteiger partial charge in [0.1, 0.15) is 0 Å². The molecule has 1 heterocycles. The van der Waals surface area contributed by atoms with Crippen molar-refractivity contribution < 1.29 is 9.59 Å². The number of ketones is 1. The molecule has 1 saturated heterocycles. The van der Waals surface area contributed by atoms with Gasteiger partial charge in [0, 0.05) is 6.42 Å². The predicted molar refractivity (Wildman–Crippen MR) is 51.8 cm³/mol. The molecule has 0 bridgehead atoms. The molecule has 2 rings (SSSR count). The summed E-state index contributed by atoms with van der Waals surface area (Å²) in [5.41, 5.74) is 0.915. The Morgan fingerprint density at radius 3 is 2.57 bits per heavy atom. The second kappa shape index (κ2) is 3.62. The van der Waals surface area contributed by atoms with Crippen LogP contribution in [-0.4, -0.2) is 18.2 Å². The van der Waals surface area contributed by atoms with Crippen molar-refractivity contribution in [2.75, 3.05) is 6.54 Å². The Bertz CT molecular complexity index is 359. The number of piperidine rings is 1. The number of hydrogen-bond donors (Lipinski definition) is 1. The van der Waals surface area contributed by atoms with Crippen molar-refractivity contribution in [2.45, 2.75) is 12.3 Å². The molecule has 1 atom stereocenters. The lowest BCUT2D eigenvalue weighted by molar-refractivity contribution is -0.131. The monoisotopic (exact) mass is 189 g/mol. The molecule has 0 aromatic heterocycles. The van der Waals surface area contributed by atoms with Gasteiger partial charge in [-0.2, -0.15) is 0 Å². The topological polar surface area (TPSA) is 46.2 Å². The van der Waals surface area contributed by atoms with Gasteiger partial charge in [-0.1, -0.05) is 30.3 Å². The van der Waals surface area contributed by atoms with E-state index in [1.807, 2.05) is 30.3 Å². The molecule has 1 aromatic rings. The summed E-state index contributed by atoms with van der Waals surface area (Å²) in [6, 6.07) is 9.40. The van der Waals surface area contributed by atoms with Crippen LogP contribution in [0.15, 0.2) is 30.3 Å². The van der Waals surface area contributed by atoms with Crippen LogP contribution < -0.4 is 5.32 Å². The lowest BCUT2D eigenvalue weighted by Crippen LogP contribution is -2.40. The first-order chi connectivity index (χ1) is 6.77. The molecular weight excluding hydrogens is 178 g/mol. The zero-order chi connectivity index (χ0) is 9.97. The summed E-state index contributed by atoms with van der Waals surface area (Å²) in [5, 5.41) is 2.59. The van der Waals surface area contributed by atoms with E-state index in [1.54, 1.807) is 0 Å². The standard InChI is InChI=1S/C11H11NO2/c13-9-6-10(11(14)12-7-9)8-4-2-1-3-5-8/h1-5,10H,6-7H2,(H,12,14). The van der Waals surface area contributed by atoms with E-state index in [-0.39, 0.29) is 24.2 Å². The van der Waals surface area contributed by atoms with Crippen molar-refractivity contribution in [3.05, 3.63) is 35.9 Å². The number of hydrogen-bond acceptors (Lipinski definition) is 2. The molecule has 0 saturated carbocycles. The Balaban J connectivity index is 2.24. The Morgan fingerprint density at radius 1 is 1.14 bits per heavy atom. The molecule has 1 fully saturated rings. The zero-order valence-electron chi connectivity index (χ0n) is 7.69. The molecule has 1 amide bonds. The SMILES string of the molecule is O=C1CNC(=O)C(c2ccccc2)C1. The van der Waals surface area contributed by atoms with Crippen LogP contribution in [0, 0.1) is 0 Å². The van der Waals surface area contributed by atoms with E-state index in [0.29, 0.717) is 6.42 Å². The summed E-state index contributed by atoms with van der Waals surface area (Å²) in [5.74, 6) is -0.244. The van der Waals surface area contributed by atoms with Crippen LogP contribution in [0.2, 0.25) is 0 Å². The first kappa shape index (κ1) is 8.94. The third-order valence-corrected chi connectivity index (χ3v) is 2.41. The third kappa shape index (κ3) is 1.66. The van der Waals surface area contributed by atoms with Gasteiger partial charge >= 0.3 is 0 Å². The summed E-state index contributed by atoms with van der Waals surface area (Å²) in [6.07, 6.45) is 0.329. The second-order valence-electron chi connectivity index (χ2n) is 3.42. The van der Waals surface area contributed by atoms with Gasteiger partial charge in [0.25, 0.3) is 0 Å². The van der Waals surface area contributed by atoms with Crippen LogP contribution in [0.25, 0.3) is 0 Å². The van der Waals surface area contributed by atoms with Crippen LogP contribution >= 0.6 is 0 Å². The fourth-order valence-electron chi connectivity index (χ4n) is 1.66. The summed E-state index contributed by atoms with van der Waals surface area (Å²) < 4.78 is 0. The smallest absolute Gasteiger partial charge is 0.228 e. The van der Waals surface area contributed by atoms with Gasteiger partial charge in [0.15, 0.2) is 5.78 Å².